The summed E-state index contributed by atoms with van der Waals surface area (Å²) in [6.45, 7) is 5.18. The molecule has 192 valence electrons. The van der Waals surface area contributed by atoms with Gasteiger partial charge in [0.1, 0.15) is 11.4 Å². The van der Waals surface area contributed by atoms with E-state index < -0.39 is 29.8 Å². The second-order valence-corrected chi connectivity index (χ2v) is 9.18. The molecule has 0 unspecified atom stereocenters. The maximum atomic E-state index is 12.9. The van der Waals surface area contributed by atoms with Gasteiger partial charge in [0.15, 0.2) is 5.78 Å². The lowest BCUT2D eigenvalue weighted by molar-refractivity contribution is -0.115. The van der Waals surface area contributed by atoms with Crippen molar-refractivity contribution in [2.75, 3.05) is 17.7 Å². The van der Waals surface area contributed by atoms with Crippen LogP contribution in [0.1, 0.15) is 54.2 Å². The Balaban J connectivity index is 1.93. The molecule has 0 heterocycles. The highest BCUT2D eigenvalue weighted by Gasteiger charge is 2.20. The third kappa shape index (κ3) is 7.97. The average Bonchev–Trinajstić information content (AvgIpc) is 2.88. The molecule has 8 nitrogen and oxygen atoms in total. The van der Waals surface area contributed by atoms with Crippen LogP contribution in [0.4, 0.5) is 16.2 Å². The molecular formula is C30H27N3O5. The molecule has 2 amide bonds. The number of Topliss-reactive ketones (excluding diaryl/α,β-unsaturated/α-hetero) is 1. The average molecular weight is 510 g/mol. The molecule has 38 heavy (non-hydrogen) atoms. The lowest BCUT2D eigenvalue weighted by Crippen LogP contribution is -2.27. The van der Waals surface area contributed by atoms with Crippen molar-refractivity contribution >= 4 is 29.2 Å². The highest BCUT2D eigenvalue weighted by molar-refractivity contribution is 6.12. The summed E-state index contributed by atoms with van der Waals surface area (Å²) in [5.41, 5.74) is 1.46. The summed E-state index contributed by atoms with van der Waals surface area (Å²) in [5.74, 6) is 5.35. The number of carbonyl (C=O) groups is 3. The Hall–Kier alpha value is -5.08. The predicted molar refractivity (Wildman–Crippen MR) is 144 cm³/mol. The summed E-state index contributed by atoms with van der Waals surface area (Å²) >= 11 is 0. The number of ether oxygens (including phenoxy) is 2. The van der Waals surface area contributed by atoms with Crippen molar-refractivity contribution < 1.29 is 23.9 Å². The fourth-order valence-electron chi connectivity index (χ4n) is 3.33. The number of benzene rings is 3. The number of amides is 2. The van der Waals surface area contributed by atoms with Crippen LogP contribution in [0.2, 0.25) is 0 Å². The highest BCUT2D eigenvalue weighted by atomic mass is 16.6. The van der Waals surface area contributed by atoms with Crippen molar-refractivity contribution in [2.24, 2.45) is 0 Å². The summed E-state index contributed by atoms with van der Waals surface area (Å²) < 4.78 is 10.8. The summed E-state index contributed by atoms with van der Waals surface area (Å²) in [4.78, 5) is 38.0. The molecule has 0 fully saturated rings. The zero-order valence-electron chi connectivity index (χ0n) is 21.5. The molecule has 3 aromatic rings. The second kappa shape index (κ2) is 12.2. The van der Waals surface area contributed by atoms with E-state index in [1.54, 1.807) is 39.0 Å². The van der Waals surface area contributed by atoms with Crippen LogP contribution in [-0.2, 0) is 9.53 Å². The fraction of sp³-hybridized carbons (Fsp3) is 0.200. The molecule has 0 aliphatic carbocycles. The first-order valence-electron chi connectivity index (χ1n) is 11.7. The van der Waals surface area contributed by atoms with Gasteiger partial charge < -0.3 is 14.8 Å². The number of nitrogens with zero attached hydrogens (tertiary/aromatic N) is 1. The van der Waals surface area contributed by atoms with Crippen molar-refractivity contribution in [2.45, 2.75) is 32.8 Å². The van der Waals surface area contributed by atoms with Crippen molar-refractivity contribution in [3.8, 4) is 23.7 Å². The zero-order chi connectivity index (χ0) is 27.7. The zero-order valence-corrected chi connectivity index (χ0v) is 21.5. The van der Waals surface area contributed by atoms with Crippen LogP contribution in [0.5, 0.6) is 5.75 Å². The molecular weight excluding hydrogens is 482 g/mol. The van der Waals surface area contributed by atoms with Crippen LogP contribution in [0, 0.1) is 23.2 Å². The number of carbonyl (C=O) groups excluding carboxylic acids is 3. The van der Waals surface area contributed by atoms with Gasteiger partial charge in [0.25, 0.3) is 0 Å². The van der Waals surface area contributed by atoms with E-state index in [0.29, 0.717) is 16.9 Å². The van der Waals surface area contributed by atoms with Crippen molar-refractivity contribution in [1.29, 1.82) is 5.26 Å². The van der Waals surface area contributed by atoms with E-state index >= 15 is 0 Å². The second-order valence-electron chi connectivity index (χ2n) is 9.18. The molecule has 3 aromatic carbocycles. The molecule has 0 bridgehead atoms. The maximum Gasteiger partial charge on any atom is 0.412 e. The van der Waals surface area contributed by atoms with Crippen LogP contribution in [-0.4, -0.2) is 30.5 Å². The Bertz CT molecular complexity index is 1460. The van der Waals surface area contributed by atoms with Crippen LogP contribution < -0.4 is 15.4 Å². The van der Waals surface area contributed by atoms with Crippen LogP contribution >= 0.6 is 0 Å². The topological polar surface area (TPSA) is 118 Å². The predicted octanol–water partition coefficient (Wildman–Crippen LogP) is 5.53. The van der Waals surface area contributed by atoms with Crippen LogP contribution in [0.15, 0.2) is 66.7 Å². The fourth-order valence-corrected chi connectivity index (χ4v) is 3.33. The molecule has 0 aromatic heterocycles. The quantitative estimate of drug-likeness (QED) is 0.256. The van der Waals surface area contributed by atoms with Gasteiger partial charge in [-0.25, -0.2) is 4.79 Å². The van der Waals surface area contributed by atoms with Gasteiger partial charge in [-0.3, -0.25) is 14.9 Å². The minimum Gasteiger partial charge on any atom is -0.495 e. The Morgan fingerprint density at radius 2 is 1.55 bits per heavy atom. The van der Waals surface area contributed by atoms with Gasteiger partial charge in [-0.05, 0) is 51.1 Å². The molecule has 0 radical (unpaired) electrons. The Morgan fingerprint density at radius 1 is 0.868 bits per heavy atom. The lowest BCUT2D eigenvalue weighted by atomic mass is 10.1. The van der Waals surface area contributed by atoms with Gasteiger partial charge >= 0.3 is 6.09 Å². The van der Waals surface area contributed by atoms with E-state index in [0.717, 1.165) is 5.56 Å². The van der Waals surface area contributed by atoms with Gasteiger partial charge in [-0.1, -0.05) is 42.2 Å². The summed E-state index contributed by atoms with van der Waals surface area (Å²) in [6, 6.07) is 20.5. The summed E-state index contributed by atoms with van der Waals surface area (Å²) in [6.07, 6.45) is -1.21. The van der Waals surface area contributed by atoms with E-state index in [1.165, 1.54) is 25.3 Å². The first-order valence-corrected chi connectivity index (χ1v) is 11.7. The molecule has 8 heteroatoms. The number of anilines is 2. The van der Waals surface area contributed by atoms with E-state index in [2.05, 4.69) is 22.5 Å². The van der Waals surface area contributed by atoms with E-state index in [-0.39, 0.29) is 16.9 Å². The molecule has 2 N–H and O–H groups in total. The SMILES string of the molecule is COc1cc(NC(=O)OC(C)(C)C)c(NC(=O)CC(=O)c2cccc(C#N)c2)cc1C#Cc1ccccc1. The minimum absolute atomic E-state index is 0.202. The van der Waals surface area contributed by atoms with E-state index in [4.69, 9.17) is 14.7 Å². The van der Waals surface area contributed by atoms with Gasteiger partial charge in [0.05, 0.1) is 42.1 Å². The van der Waals surface area contributed by atoms with Crippen molar-refractivity contribution in [1.82, 2.24) is 0 Å². The Morgan fingerprint density at radius 3 is 2.21 bits per heavy atom. The Kier molecular flexibility index (Phi) is 8.86. The number of rotatable bonds is 6. The normalized spacial score (nSPS) is 10.3. The number of ketones is 1. The molecule has 0 saturated heterocycles. The van der Waals surface area contributed by atoms with E-state index in [1.807, 2.05) is 36.4 Å². The van der Waals surface area contributed by atoms with Gasteiger partial charge in [0.2, 0.25) is 5.91 Å². The third-order valence-corrected chi connectivity index (χ3v) is 5.00. The Labute approximate surface area is 221 Å². The number of nitriles is 1. The lowest BCUT2D eigenvalue weighted by Gasteiger charge is -2.21. The van der Waals surface area contributed by atoms with Gasteiger partial charge in [-0.15, -0.1) is 0 Å². The number of nitrogens with one attached hydrogen (secondary N) is 2. The van der Waals surface area contributed by atoms with Gasteiger partial charge in [0, 0.05) is 17.2 Å². The molecule has 0 aliphatic heterocycles. The molecule has 0 atom stereocenters. The molecule has 0 spiro atoms. The number of methoxy groups -OCH3 is 1. The monoisotopic (exact) mass is 509 g/mol. The van der Waals surface area contributed by atoms with Crippen LogP contribution in [0.25, 0.3) is 0 Å². The minimum atomic E-state index is -0.747. The highest BCUT2D eigenvalue weighted by Crippen LogP contribution is 2.32. The largest absolute Gasteiger partial charge is 0.495 e. The maximum absolute atomic E-state index is 12.9. The smallest absolute Gasteiger partial charge is 0.412 e. The van der Waals surface area contributed by atoms with E-state index in [9.17, 15) is 14.4 Å². The third-order valence-electron chi connectivity index (χ3n) is 5.00. The summed E-state index contributed by atoms with van der Waals surface area (Å²) in [5, 5.41) is 14.4. The molecule has 0 saturated carbocycles. The standard InChI is InChI=1S/C30H27N3O5/c1-30(2,3)38-29(36)33-25-17-27(37-4)23(14-13-20-9-6-5-7-10-20)16-24(25)32-28(35)18-26(34)22-12-8-11-21(15-22)19-31/h5-12,15-17H,18H2,1-4H3,(H,32,35)(H,33,36). The van der Waals surface area contributed by atoms with Crippen LogP contribution in [0.3, 0.4) is 0 Å². The number of hydrogen-bond donors (Lipinski definition) is 2. The first kappa shape index (κ1) is 27.5. The van der Waals surface area contributed by atoms with Crippen molar-refractivity contribution in [3.05, 3.63) is 89.0 Å². The van der Waals surface area contributed by atoms with Crippen molar-refractivity contribution in [3.63, 3.8) is 0 Å². The number of hydrogen-bond acceptors (Lipinski definition) is 6. The summed E-state index contributed by atoms with van der Waals surface area (Å²) in [7, 11) is 1.46. The van der Waals surface area contributed by atoms with Gasteiger partial charge in [-0.2, -0.15) is 5.26 Å². The molecule has 0 aliphatic rings. The first-order chi connectivity index (χ1) is 18.1. The molecule has 3 rings (SSSR count).